The Morgan fingerprint density at radius 1 is 1.23 bits per heavy atom. The standard InChI is InChI=1S/C21H18ClN5O2S/c22-16-6-2-4-8-18(16)29-12-19-25-26-21(27(19)15-9-10-15)30-13-20(28)24-17-7-3-1-5-14(17)11-23/h1-8,15H,9-10,12-13H2,(H,24,28). The van der Waals surface area contributed by atoms with Gasteiger partial charge in [-0.15, -0.1) is 10.2 Å². The molecule has 1 heterocycles. The molecule has 0 unspecified atom stereocenters. The van der Waals surface area contributed by atoms with Crippen LogP contribution in [-0.4, -0.2) is 26.4 Å². The lowest BCUT2D eigenvalue weighted by Crippen LogP contribution is -2.15. The maximum Gasteiger partial charge on any atom is 0.234 e. The molecule has 1 aliphatic carbocycles. The molecular weight excluding hydrogens is 422 g/mol. The second-order valence-electron chi connectivity index (χ2n) is 6.71. The summed E-state index contributed by atoms with van der Waals surface area (Å²) in [4.78, 5) is 12.4. The fraction of sp³-hybridized carbons (Fsp3) is 0.238. The molecule has 3 aromatic rings. The zero-order valence-electron chi connectivity index (χ0n) is 15.9. The van der Waals surface area contributed by atoms with Gasteiger partial charge in [0, 0.05) is 6.04 Å². The molecule has 0 bridgehead atoms. The summed E-state index contributed by atoms with van der Waals surface area (Å²) in [5, 5.41) is 21.7. The Morgan fingerprint density at radius 3 is 2.77 bits per heavy atom. The lowest BCUT2D eigenvalue weighted by molar-refractivity contribution is -0.113. The maximum atomic E-state index is 12.4. The van der Waals surface area contributed by atoms with E-state index in [1.54, 1.807) is 36.4 Å². The van der Waals surface area contributed by atoms with Gasteiger partial charge >= 0.3 is 0 Å². The average Bonchev–Trinajstić information content (AvgIpc) is 3.52. The molecule has 30 heavy (non-hydrogen) atoms. The van der Waals surface area contributed by atoms with Crippen molar-refractivity contribution in [1.82, 2.24) is 14.8 Å². The van der Waals surface area contributed by atoms with Gasteiger partial charge in [0.2, 0.25) is 5.91 Å². The topological polar surface area (TPSA) is 92.8 Å². The first kappa shape index (κ1) is 20.3. The number of rotatable bonds is 8. The highest BCUT2D eigenvalue weighted by Gasteiger charge is 2.30. The Labute approximate surface area is 183 Å². The predicted octanol–water partition coefficient (Wildman–Crippen LogP) is 4.45. The Balaban J connectivity index is 1.40. The molecule has 152 valence electrons. The number of carbonyl (C=O) groups is 1. The molecule has 1 aliphatic rings. The Hall–Kier alpha value is -3.02. The molecule has 0 spiro atoms. The van der Waals surface area contributed by atoms with Crippen LogP contribution in [0.25, 0.3) is 0 Å². The molecule has 0 aliphatic heterocycles. The number of para-hydroxylation sites is 2. The van der Waals surface area contributed by atoms with E-state index in [-0.39, 0.29) is 18.3 Å². The van der Waals surface area contributed by atoms with Gasteiger partial charge in [-0.2, -0.15) is 5.26 Å². The van der Waals surface area contributed by atoms with Crippen LogP contribution in [0.3, 0.4) is 0 Å². The van der Waals surface area contributed by atoms with Gasteiger partial charge in [0.05, 0.1) is 22.0 Å². The van der Waals surface area contributed by atoms with Crippen LogP contribution >= 0.6 is 23.4 Å². The molecule has 1 N–H and O–H groups in total. The number of hydrogen-bond acceptors (Lipinski definition) is 6. The van der Waals surface area contributed by atoms with Gasteiger partial charge in [0.25, 0.3) is 0 Å². The molecule has 0 radical (unpaired) electrons. The van der Waals surface area contributed by atoms with Gasteiger partial charge < -0.3 is 10.1 Å². The number of aromatic nitrogens is 3. The predicted molar refractivity (Wildman–Crippen MR) is 115 cm³/mol. The maximum absolute atomic E-state index is 12.4. The molecule has 0 saturated heterocycles. The van der Waals surface area contributed by atoms with Crippen LogP contribution in [0.1, 0.15) is 30.3 Å². The van der Waals surface area contributed by atoms with Crippen molar-refractivity contribution in [3.05, 3.63) is 64.9 Å². The summed E-state index contributed by atoms with van der Waals surface area (Å²) in [7, 11) is 0. The molecular formula is C21H18ClN5O2S. The van der Waals surface area contributed by atoms with Crippen molar-refractivity contribution in [2.75, 3.05) is 11.1 Å². The summed E-state index contributed by atoms with van der Waals surface area (Å²) in [6.45, 7) is 0.246. The number of nitrogens with one attached hydrogen (secondary N) is 1. The lowest BCUT2D eigenvalue weighted by atomic mass is 10.2. The summed E-state index contributed by atoms with van der Waals surface area (Å²) < 4.78 is 7.85. The van der Waals surface area contributed by atoms with E-state index < -0.39 is 0 Å². The number of benzene rings is 2. The van der Waals surface area contributed by atoms with Gasteiger partial charge in [0.1, 0.15) is 18.4 Å². The monoisotopic (exact) mass is 439 g/mol. The minimum absolute atomic E-state index is 0.163. The molecule has 2 aromatic carbocycles. The normalized spacial score (nSPS) is 12.9. The van der Waals surface area contributed by atoms with Crippen LogP contribution in [0, 0.1) is 11.3 Å². The van der Waals surface area contributed by atoms with E-state index in [9.17, 15) is 4.79 Å². The number of amides is 1. The quantitative estimate of drug-likeness (QED) is 0.521. The molecule has 1 saturated carbocycles. The van der Waals surface area contributed by atoms with Crippen molar-refractivity contribution in [2.24, 2.45) is 0 Å². The molecule has 1 amide bonds. The van der Waals surface area contributed by atoms with Crippen molar-refractivity contribution in [2.45, 2.75) is 30.6 Å². The minimum Gasteiger partial charge on any atom is -0.484 e. The van der Waals surface area contributed by atoms with Crippen molar-refractivity contribution < 1.29 is 9.53 Å². The van der Waals surface area contributed by atoms with Crippen molar-refractivity contribution in [3.63, 3.8) is 0 Å². The highest BCUT2D eigenvalue weighted by Crippen LogP contribution is 2.39. The summed E-state index contributed by atoms with van der Waals surface area (Å²) >= 11 is 7.46. The third-order valence-corrected chi connectivity index (χ3v) is 5.75. The molecule has 7 nitrogen and oxygen atoms in total. The lowest BCUT2D eigenvalue weighted by Gasteiger charge is -2.11. The number of nitrogens with zero attached hydrogens (tertiary/aromatic N) is 4. The molecule has 1 aromatic heterocycles. The van der Waals surface area contributed by atoms with Crippen molar-refractivity contribution >= 4 is 35.0 Å². The van der Waals surface area contributed by atoms with Crippen molar-refractivity contribution in [1.29, 1.82) is 5.26 Å². The van der Waals surface area contributed by atoms with Gasteiger partial charge in [-0.1, -0.05) is 47.6 Å². The number of ether oxygens (including phenoxy) is 1. The van der Waals surface area contributed by atoms with E-state index in [0.717, 1.165) is 12.8 Å². The Bertz CT molecular complexity index is 1110. The highest BCUT2D eigenvalue weighted by atomic mass is 35.5. The first-order chi connectivity index (χ1) is 14.7. The van der Waals surface area contributed by atoms with Gasteiger partial charge in [-0.3, -0.25) is 9.36 Å². The first-order valence-electron chi connectivity index (χ1n) is 9.38. The van der Waals surface area contributed by atoms with E-state index in [0.29, 0.717) is 39.0 Å². The fourth-order valence-corrected chi connectivity index (χ4v) is 3.93. The van der Waals surface area contributed by atoms with E-state index in [2.05, 4.69) is 21.6 Å². The Kier molecular flexibility index (Phi) is 6.21. The van der Waals surface area contributed by atoms with E-state index >= 15 is 0 Å². The summed E-state index contributed by atoms with van der Waals surface area (Å²) in [5.74, 6) is 1.25. The highest BCUT2D eigenvalue weighted by molar-refractivity contribution is 7.99. The van der Waals surface area contributed by atoms with Crippen LogP contribution in [0.5, 0.6) is 5.75 Å². The SMILES string of the molecule is N#Cc1ccccc1NC(=O)CSc1nnc(COc2ccccc2Cl)n1C1CC1. The molecule has 0 atom stereocenters. The third-order valence-electron chi connectivity index (χ3n) is 4.49. The fourth-order valence-electron chi connectivity index (χ4n) is 2.91. The zero-order valence-corrected chi connectivity index (χ0v) is 17.5. The average molecular weight is 440 g/mol. The molecule has 9 heteroatoms. The van der Waals surface area contributed by atoms with Gasteiger partial charge in [-0.05, 0) is 37.1 Å². The molecule has 4 rings (SSSR count). The summed E-state index contributed by atoms with van der Waals surface area (Å²) in [6.07, 6.45) is 2.10. The second kappa shape index (κ2) is 9.20. The van der Waals surface area contributed by atoms with E-state index in [1.807, 2.05) is 16.7 Å². The number of anilines is 1. The second-order valence-corrected chi connectivity index (χ2v) is 8.06. The molecule has 1 fully saturated rings. The minimum atomic E-state index is -0.207. The third kappa shape index (κ3) is 4.75. The largest absolute Gasteiger partial charge is 0.484 e. The number of thioether (sulfide) groups is 1. The number of halogens is 1. The summed E-state index contributed by atoms with van der Waals surface area (Å²) in [5.41, 5.74) is 0.930. The van der Waals surface area contributed by atoms with E-state index in [4.69, 9.17) is 21.6 Å². The van der Waals surface area contributed by atoms with Crippen LogP contribution in [-0.2, 0) is 11.4 Å². The smallest absolute Gasteiger partial charge is 0.234 e. The van der Waals surface area contributed by atoms with Crippen LogP contribution < -0.4 is 10.1 Å². The summed E-state index contributed by atoms with van der Waals surface area (Å²) in [6, 6.07) is 16.6. The van der Waals surface area contributed by atoms with Crippen LogP contribution in [0.15, 0.2) is 53.7 Å². The van der Waals surface area contributed by atoms with E-state index in [1.165, 1.54) is 11.8 Å². The van der Waals surface area contributed by atoms with Crippen LogP contribution in [0.2, 0.25) is 5.02 Å². The Morgan fingerprint density at radius 2 is 2.00 bits per heavy atom. The zero-order chi connectivity index (χ0) is 20.9. The van der Waals surface area contributed by atoms with Gasteiger partial charge in [0.15, 0.2) is 11.0 Å². The van der Waals surface area contributed by atoms with Gasteiger partial charge in [-0.25, -0.2) is 0 Å². The van der Waals surface area contributed by atoms with Crippen molar-refractivity contribution in [3.8, 4) is 11.8 Å². The number of hydrogen-bond donors (Lipinski definition) is 1. The van der Waals surface area contributed by atoms with Crippen LogP contribution in [0.4, 0.5) is 5.69 Å². The number of nitriles is 1. The number of carbonyl (C=O) groups excluding carboxylic acids is 1. The first-order valence-corrected chi connectivity index (χ1v) is 10.7.